The molecule has 0 fully saturated rings. The number of hydrogen-bond donors (Lipinski definition) is 1. The number of ether oxygens (including phenoxy) is 1. The fourth-order valence-electron chi connectivity index (χ4n) is 2.72. The maximum atomic E-state index is 12.3. The Balaban J connectivity index is 1.47. The second-order valence-electron chi connectivity index (χ2n) is 5.54. The molecule has 0 saturated heterocycles. The second kappa shape index (κ2) is 6.29. The van der Waals surface area contributed by atoms with Crippen LogP contribution in [-0.4, -0.2) is 20.9 Å². The molecule has 1 atom stereocenters. The first-order valence-electron chi connectivity index (χ1n) is 7.71. The van der Waals surface area contributed by atoms with E-state index >= 15 is 0 Å². The van der Waals surface area contributed by atoms with Gasteiger partial charge in [-0.15, -0.1) is 5.10 Å². The van der Waals surface area contributed by atoms with Gasteiger partial charge in [0, 0.05) is 0 Å². The van der Waals surface area contributed by atoms with Crippen LogP contribution in [0.25, 0.3) is 0 Å². The SMILES string of the molecule is O=C(NCc1ccco1)c1nnn2c1CO[C@H](c1ccccc1)C2. The van der Waals surface area contributed by atoms with Gasteiger partial charge in [0.2, 0.25) is 0 Å². The minimum absolute atomic E-state index is 0.0839. The smallest absolute Gasteiger partial charge is 0.274 e. The van der Waals surface area contributed by atoms with Crippen molar-refractivity contribution in [1.82, 2.24) is 20.3 Å². The summed E-state index contributed by atoms with van der Waals surface area (Å²) in [6.07, 6.45) is 1.48. The van der Waals surface area contributed by atoms with Gasteiger partial charge in [0.05, 0.1) is 31.7 Å². The van der Waals surface area contributed by atoms with Gasteiger partial charge in [0.1, 0.15) is 11.9 Å². The molecule has 122 valence electrons. The fourth-order valence-corrected chi connectivity index (χ4v) is 2.72. The van der Waals surface area contributed by atoms with Gasteiger partial charge in [-0.3, -0.25) is 4.79 Å². The van der Waals surface area contributed by atoms with Gasteiger partial charge in [0.25, 0.3) is 5.91 Å². The summed E-state index contributed by atoms with van der Waals surface area (Å²) < 4.78 is 12.8. The Morgan fingerprint density at radius 1 is 1.25 bits per heavy atom. The summed E-state index contributed by atoms with van der Waals surface area (Å²) in [5.41, 5.74) is 2.08. The monoisotopic (exact) mass is 324 g/mol. The Labute approximate surface area is 138 Å². The molecule has 2 aromatic heterocycles. The summed E-state index contributed by atoms with van der Waals surface area (Å²) in [5.74, 6) is 0.402. The standard InChI is InChI=1S/C17H16N4O3/c22-17(18-9-13-7-4-8-23-13)16-14-11-24-15(10-21(14)20-19-16)12-5-2-1-3-6-12/h1-8,15H,9-11H2,(H,18,22)/t15-/m0/s1. The third-order valence-electron chi connectivity index (χ3n) is 3.99. The van der Waals surface area contributed by atoms with Crippen LogP contribution in [0.1, 0.15) is 33.6 Å². The van der Waals surface area contributed by atoms with Crippen molar-refractivity contribution >= 4 is 5.91 Å². The van der Waals surface area contributed by atoms with Crippen molar-refractivity contribution in [3.63, 3.8) is 0 Å². The number of furan rings is 1. The molecule has 3 heterocycles. The molecule has 1 aliphatic rings. The van der Waals surface area contributed by atoms with Crippen molar-refractivity contribution in [3.8, 4) is 0 Å². The van der Waals surface area contributed by atoms with E-state index in [9.17, 15) is 4.79 Å². The highest BCUT2D eigenvalue weighted by Gasteiger charge is 2.27. The normalized spacial score (nSPS) is 16.6. The third-order valence-corrected chi connectivity index (χ3v) is 3.99. The number of rotatable bonds is 4. The Morgan fingerprint density at radius 2 is 2.12 bits per heavy atom. The van der Waals surface area contributed by atoms with E-state index < -0.39 is 0 Å². The maximum absolute atomic E-state index is 12.3. The molecule has 0 aliphatic carbocycles. The van der Waals surface area contributed by atoms with Gasteiger partial charge in [-0.1, -0.05) is 35.5 Å². The zero-order chi connectivity index (χ0) is 16.4. The van der Waals surface area contributed by atoms with Gasteiger partial charge < -0.3 is 14.5 Å². The van der Waals surface area contributed by atoms with Crippen molar-refractivity contribution in [1.29, 1.82) is 0 Å². The Bertz CT molecular complexity index is 827. The number of nitrogens with one attached hydrogen (secondary N) is 1. The van der Waals surface area contributed by atoms with Crippen LogP contribution in [0.5, 0.6) is 0 Å². The number of aromatic nitrogens is 3. The molecular formula is C17H16N4O3. The first-order chi connectivity index (χ1) is 11.8. The molecule has 0 unspecified atom stereocenters. The molecule has 0 saturated carbocycles. The molecule has 7 nitrogen and oxygen atoms in total. The summed E-state index contributed by atoms with van der Waals surface area (Å²) in [4.78, 5) is 12.3. The lowest BCUT2D eigenvalue weighted by molar-refractivity contribution is -0.00177. The molecule has 0 bridgehead atoms. The van der Waals surface area contributed by atoms with E-state index in [-0.39, 0.29) is 12.0 Å². The average Bonchev–Trinajstić information content (AvgIpc) is 3.29. The predicted octanol–water partition coefficient (Wildman–Crippen LogP) is 2.07. The van der Waals surface area contributed by atoms with E-state index in [0.717, 1.165) is 5.56 Å². The quantitative estimate of drug-likeness (QED) is 0.794. The van der Waals surface area contributed by atoms with Gasteiger partial charge in [0.15, 0.2) is 5.69 Å². The number of fused-ring (bicyclic) bond motifs is 1. The van der Waals surface area contributed by atoms with Crippen LogP contribution in [0.3, 0.4) is 0 Å². The molecule has 0 radical (unpaired) electrons. The van der Waals surface area contributed by atoms with Crippen LogP contribution in [-0.2, 0) is 24.4 Å². The molecule has 1 aromatic carbocycles. The van der Waals surface area contributed by atoms with Crippen LogP contribution in [0, 0.1) is 0 Å². The summed E-state index contributed by atoms with van der Waals surface area (Å²) in [6.45, 7) is 1.15. The molecule has 4 rings (SSSR count). The fraction of sp³-hybridized carbons (Fsp3) is 0.235. The Hall–Kier alpha value is -2.93. The van der Waals surface area contributed by atoms with Crippen LogP contribution >= 0.6 is 0 Å². The lowest BCUT2D eigenvalue weighted by Crippen LogP contribution is -2.27. The van der Waals surface area contributed by atoms with Crippen molar-refractivity contribution in [2.24, 2.45) is 0 Å². The highest BCUT2D eigenvalue weighted by Crippen LogP contribution is 2.26. The number of nitrogens with zero attached hydrogens (tertiary/aromatic N) is 3. The van der Waals surface area contributed by atoms with Gasteiger partial charge in [-0.25, -0.2) is 4.68 Å². The number of carbonyl (C=O) groups excluding carboxylic acids is 1. The molecule has 24 heavy (non-hydrogen) atoms. The minimum Gasteiger partial charge on any atom is -0.467 e. The highest BCUT2D eigenvalue weighted by molar-refractivity contribution is 5.93. The number of amides is 1. The summed E-state index contributed by atoms with van der Waals surface area (Å²) in [6, 6.07) is 13.5. The third kappa shape index (κ3) is 2.81. The summed E-state index contributed by atoms with van der Waals surface area (Å²) in [7, 11) is 0. The largest absolute Gasteiger partial charge is 0.467 e. The van der Waals surface area contributed by atoms with Crippen LogP contribution in [0.4, 0.5) is 0 Å². The lowest BCUT2D eigenvalue weighted by atomic mass is 10.1. The number of carbonyl (C=O) groups is 1. The van der Waals surface area contributed by atoms with E-state index in [1.54, 1.807) is 23.1 Å². The molecule has 1 aliphatic heterocycles. The number of hydrogen-bond acceptors (Lipinski definition) is 5. The Morgan fingerprint density at radius 3 is 2.92 bits per heavy atom. The van der Waals surface area contributed by atoms with Gasteiger partial charge in [-0.2, -0.15) is 0 Å². The Kier molecular flexibility index (Phi) is 3.84. The predicted molar refractivity (Wildman–Crippen MR) is 83.9 cm³/mol. The van der Waals surface area contributed by atoms with Crippen molar-refractivity contribution < 1.29 is 13.9 Å². The topological polar surface area (TPSA) is 82.2 Å². The van der Waals surface area contributed by atoms with Crippen LogP contribution in [0.15, 0.2) is 53.1 Å². The highest BCUT2D eigenvalue weighted by atomic mass is 16.5. The maximum Gasteiger partial charge on any atom is 0.274 e. The minimum atomic E-state index is -0.283. The average molecular weight is 324 g/mol. The van der Waals surface area contributed by atoms with Crippen molar-refractivity contribution in [2.75, 3.05) is 0 Å². The lowest BCUT2D eigenvalue weighted by Gasteiger charge is -2.24. The van der Waals surface area contributed by atoms with E-state index in [2.05, 4.69) is 15.6 Å². The number of benzene rings is 1. The van der Waals surface area contributed by atoms with E-state index in [1.807, 2.05) is 30.3 Å². The zero-order valence-electron chi connectivity index (χ0n) is 12.9. The molecule has 3 aromatic rings. The van der Waals surface area contributed by atoms with Crippen LogP contribution in [0.2, 0.25) is 0 Å². The molecule has 0 spiro atoms. The van der Waals surface area contributed by atoms with Crippen LogP contribution < -0.4 is 5.32 Å². The molecular weight excluding hydrogens is 308 g/mol. The first-order valence-corrected chi connectivity index (χ1v) is 7.71. The van der Waals surface area contributed by atoms with E-state index in [0.29, 0.717) is 36.8 Å². The summed E-state index contributed by atoms with van der Waals surface area (Å²) >= 11 is 0. The van der Waals surface area contributed by atoms with E-state index in [1.165, 1.54) is 0 Å². The zero-order valence-corrected chi connectivity index (χ0v) is 12.9. The van der Waals surface area contributed by atoms with Crippen molar-refractivity contribution in [2.45, 2.75) is 25.8 Å². The molecule has 1 amide bonds. The summed E-state index contributed by atoms with van der Waals surface area (Å²) in [5, 5.41) is 10.9. The van der Waals surface area contributed by atoms with Crippen molar-refractivity contribution in [3.05, 3.63) is 71.4 Å². The molecule has 1 N–H and O–H groups in total. The van der Waals surface area contributed by atoms with Gasteiger partial charge in [-0.05, 0) is 17.7 Å². The van der Waals surface area contributed by atoms with Gasteiger partial charge >= 0.3 is 0 Å². The second-order valence-corrected chi connectivity index (χ2v) is 5.54. The first kappa shape index (κ1) is 14.6. The van der Waals surface area contributed by atoms with E-state index in [4.69, 9.17) is 9.15 Å². The molecule has 7 heteroatoms.